The Balaban J connectivity index is 3.74. The maximum atomic E-state index is 3.69. The molecule has 0 aliphatic heterocycles. The molecule has 0 amide bonds. The molecule has 0 heteroatoms. The second-order valence-corrected chi connectivity index (χ2v) is 2.18. The van der Waals surface area contributed by atoms with Crippen LogP contribution >= 0.6 is 0 Å². The molecule has 0 aromatic heterocycles. The SMILES string of the molecule is C=CC(C=CCCC)=CC. The van der Waals surface area contributed by atoms with Gasteiger partial charge in [-0.1, -0.05) is 44.2 Å². The quantitative estimate of drug-likeness (QED) is 0.519. The van der Waals surface area contributed by atoms with Gasteiger partial charge in [-0.3, -0.25) is 0 Å². The summed E-state index contributed by atoms with van der Waals surface area (Å²) < 4.78 is 0. The molecule has 0 heterocycles. The van der Waals surface area contributed by atoms with Gasteiger partial charge in [0.05, 0.1) is 0 Å². The molecule has 0 aromatic carbocycles. The Hall–Kier alpha value is -0.780. The Morgan fingerprint density at radius 3 is 2.60 bits per heavy atom. The molecule has 0 aliphatic carbocycles. The van der Waals surface area contributed by atoms with Gasteiger partial charge in [-0.2, -0.15) is 0 Å². The Morgan fingerprint density at radius 1 is 1.50 bits per heavy atom. The van der Waals surface area contributed by atoms with Crippen LogP contribution in [-0.2, 0) is 0 Å². The second-order valence-electron chi connectivity index (χ2n) is 2.18. The Morgan fingerprint density at radius 2 is 2.20 bits per heavy atom. The van der Waals surface area contributed by atoms with E-state index in [1.54, 1.807) is 0 Å². The highest BCUT2D eigenvalue weighted by Gasteiger charge is 1.78. The first kappa shape index (κ1) is 9.22. The maximum Gasteiger partial charge on any atom is -0.0308 e. The van der Waals surface area contributed by atoms with E-state index in [1.807, 2.05) is 13.0 Å². The van der Waals surface area contributed by atoms with Crippen LogP contribution in [0.2, 0.25) is 0 Å². The summed E-state index contributed by atoms with van der Waals surface area (Å²) in [5.41, 5.74) is 1.20. The minimum Gasteiger partial charge on any atom is -0.0985 e. The van der Waals surface area contributed by atoms with Gasteiger partial charge >= 0.3 is 0 Å². The summed E-state index contributed by atoms with van der Waals surface area (Å²) >= 11 is 0. The normalized spacial score (nSPS) is 12.4. The molecule has 56 valence electrons. The summed E-state index contributed by atoms with van der Waals surface area (Å²) in [6, 6.07) is 0. The summed E-state index contributed by atoms with van der Waals surface area (Å²) in [7, 11) is 0. The van der Waals surface area contributed by atoms with Crippen LogP contribution in [0.1, 0.15) is 26.7 Å². The summed E-state index contributed by atoms with van der Waals surface area (Å²) in [5, 5.41) is 0. The molecule has 0 saturated carbocycles. The monoisotopic (exact) mass is 136 g/mol. The Kier molecular flexibility index (Phi) is 5.85. The first-order valence-electron chi connectivity index (χ1n) is 3.80. The standard InChI is InChI=1S/C10H16/c1-4-7-8-9-10(5-2)6-3/h5-6,8-9H,2,4,7H2,1,3H3. The van der Waals surface area contributed by atoms with Crippen molar-refractivity contribution in [3.05, 3.63) is 36.5 Å². The van der Waals surface area contributed by atoms with Crippen molar-refractivity contribution in [1.29, 1.82) is 0 Å². The summed E-state index contributed by atoms with van der Waals surface area (Å²) in [5.74, 6) is 0. The first-order chi connectivity index (χ1) is 4.85. The molecule has 0 atom stereocenters. The van der Waals surface area contributed by atoms with Crippen LogP contribution in [0, 0.1) is 0 Å². The van der Waals surface area contributed by atoms with Crippen molar-refractivity contribution in [3.63, 3.8) is 0 Å². The third-order valence-corrected chi connectivity index (χ3v) is 1.33. The molecule has 0 rings (SSSR count). The van der Waals surface area contributed by atoms with Crippen LogP contribution in [0.4, 0.5) is 0 Å². The fraction of sp³-hybridized carbons (Fsp3) is 0.400. The molecule has 0 bridgehead atoms. The number of rotatable bonds is 4. The predicted octanol–water partition coefficient (Wildman–Crippen LogP) is 3.48. The molecule has 0 saturated heterocycles. The van der Waals surface area contributed by atoms with E-state index in [2.05, 4.69) is 31.7 Å². The lowest BCUT2D eigenvalue weighted by Crippen LogP contribution is -1.67. The van der Waals surface area contributed by atoms with E-state index in [4.69, 9.17) is 0 Å². The lowest BCUT2D eigenvalue weighted by Gasteiger charge is -1.88. The molecular weight excluding hydrogens is 120 g/mol. The fourth-order valence-corrected chi connectivity index (χ4v) is 0.668. The van der Waals surface area contributed by atoms with Crippen molar-refractivity contribution >= 4 is 0 Å². The van der Waals surface area contributed by atoms with Crippen LogP contribution in [0.25, 0.3) is 0 Å². The van der Waals surface area contributed by atoms with Crippen LogP contribution in [0.3, 0.4) is 0 Å². The summed E-state index contributed by atoms with van der Waals surface area (Å²) in [4.78, 5) is 0. The topological polar surface area (TPSA) is 0 Å². The molecule has 0 nitrogen and oxygen atoms in total. The fourth-order valence-electron chi connectivity index (χ4n) is 0.668. The van der Waals surface area contributed by atoms with E-state index in [0.717, 1.165) is 6.42 Å². The van der Waals surface area contributed by atoms with Gasteiger partial charge < -0.3 is 0 Å². The minimum absolute atomic E-state index is 1.16. The van der Waals surface area contributed by atoms with E-state index < -0.39 is 0 Å². The molecule has 0 radical (unpaired) electrons. The van der Waals surface area contributed by atoms with Crippen LogP contribution in [-0.4, -0.2) is 0 Å². The highest BCUT2D eigenvalue weighted by molar-refractivity contribution is 5.28. The lowest BCUT2D eigenvalue weighted by atomic mass is 10.2. The Labute approximate surface area is 64.0 Å². The van der Waals surface area contributed by atoms with Gasteiger partial charge in [-0.15, -0.1) is 0 Å². The maximum absolute atomic E-state index is 3.69. The van der Waals surface area contributed by atoms with E-state index in [9.17, 15) is 0 Å². The zero-order valence-electron chi connectivity index (χ0n) is 6.93. The zero-order valence-corrected chi connectivity index (χ0v) is 6.93. The van der Waals surface area contributed by atoms with Gasteiger partial charge in [-0.25, -0.2) is 0 Å². The van der Waals surface area contributed by atoms with Gasteiger partial charge in [0.1, 0.15) is 0 Å². The predicted molar refractivity (Wildman–Crippen MR) is 48.0 cm³/mol. The zero-order chi connectivity index (χ0) is 7.82. The van der Waals surface area contributed by atoms with Crippen molar-refractivity contribution in [2.24, 2.45) is 0 Å². The molecular formula is C10H16. The largest absolute Gasteiger partial charge is 0.0985 e. The summed E-state index contributed by atoms with van der Waals surface area (Å²) in [6.45, 7) is 7.89. The number of unbranched alkanes of at least 4 members (excludes halogenated alkanes) is 1. The average molecular weight is 136 g/mol. The van der Waals surface area contributed by atoms with E-state index >= 15 is 0 Å². The van der Waals surface area contributed by atoms with Crippen molar-refractivity contribution in [3.8, 4) is 0 Å². The van der Waals surface area contributed by atoms with Crippen molar-refractivity contribution in [1.82, 2.24) is 0 Å². The molecule has 0 unspecified atom stereocenters. The van der Waals surface area contributed by atoms with Crippen LogP contribution in [0.5, 0.6) is 0 Å². The van der Waals surface area contributed by atoms with E-state index in [-0.39, 0.29) is 0 Å². The van der Waals surface area contributed by atoms with Crippen LogP contribution in [0.15, 0.2) is 36.5 Å². The van der Waals surface area contributed by atoms with Gasteiger partial charge in [0.2, 0.25) is 0 Å². The molecule has 0 aliphatic rings. The van der Waals surface area contributed by atoms with Crippen molar-refractivity contribution in [2.45, 2.75) is 26.7 Å². The molecule has 10 heavy (non-hydrogen) atoms. The smallest absolute Gasteiger partial charge is 0.0308 e. The molecule has 0 N–H and O–H groups in total. The minimum atomic E-state index is 1.16. The number of hydrogen-bond donors (Lipinski definition) is 0. The highest BCUT2D eigenvalue weighted by Crippen LogP contribution is 1.99. The Bertz CT molecular complexity index is 138. The lowest BCUT2D eigenvalue weighted by molar-refractivity contribution is 0.958. The highest BCUT2D eigenvalue weighted by atomic mass is 13.8. The molecule has 0 aromatic rings. The number of allylic oxidation sites excluding steroid dienone is 5. The second kappa shape index (κ2) is 6.34. The van der Waals surface area contributed by atoms with Crippen LogP contribution < -0.4 is 0 Å². The number of hydrogen-bond acceptors (Lipinski definition) is 0. The van der Waals surface area contributed by atoms with Gasteiger partial charge in [0.15, 0.2) is 0 Å². The third kappa shape index (κ3) is 4.13. The van der Waals surface area contributed by atoms with Crippen molar-refractivity contribution < 1.29 is 0 Å². The summed E-state index contributed by atoms with van der Waals surface area (Å²) in [6.07, 6.45) is 10.6. The molecule has 0 spiro atoms. The average Bonchev–Trinajstić information content (AvgIpc) is 1.99. The van der Waals surface area contributed by atoms with Gasteiger partial charge in [0, 0.05) is 0 Å². The van der Waals surface area contributed by atoms with E-state index in [1.165, 1.54) is 12.0 Å². The first-order valence-corrected chi connectivity index (χ1v) is 3.80. The molecule has 0 fully saturated rings. The van der Waals surface area contributed by atoms with Gasteiger partial charge in [0.25, 0.3) is 0 Å². The van der Waals surface area contributed by atoms with E-state index in [0.29, 0.717) is 0 Å². The van der Waals surface area contributed by atoms with Gasteiger partial charge in [-0.05, 0) is 18.9 Å². The third-order valence-electron chi connectivity index (χ3n) is 1.33. The van der Waals surface area contributed by atoms with Crippen molar-refractivity contribution in [2.75, 3.05) is 0 Å².